The molecule has 0 spiro atoms. The molecule has 0 radical (unpaired) electrons. The Hall–Kier alpha value is -2.35. The SMILES string of the molecule is CCOc1ccccc1-c1noc(C(C)CCC#N)n1. The third-order valence-corrected chi connectivity index (χ3v) is 2.98. The molecule has 0 N–H and O–H groups in total. The molecule has 0 fully saturated rings. The minimum atomic E-state index is 0.0788. The van der Waals surface area contributed by atoms with Crippen molar-refractivity contribution >= 4 is 0 Å². The number of rotatable bonds is 6. The highest BCUT2D eigenvalue weighted by molar-refractivity contribution is 5.63. The normalized spacial score (nSPS) is 11.8. The quantitative estimate of drug-likeness (QED) is 0.803. The van der Waals surface area contributed by atoms with Crippen molar-refractivity contribution in [3.63, 3.8) is 0 Å². The van der Waals surface area contributed by atoms with Crippen LogP contribution in [0, 0.1) is 11.3 Å². The van der Waals surface area contributed by atoms with E-state index in [2.05, 4.69) is 16.2 Å². The van der Waals surface area contributed by atoms with Crippen molar-refractivity contribution in [2.24, 2.45) is 0 Å². The van der Waals surface area contributed by atoms with E-state index in [1.54, 1.807) is 0 Å². The van der Waals surface area contributed by atoms with Crippen LogP contribution in [-0.2, 0) is 0 Å². The fraction of sp³-hybridized carbons (Fsp3) is 0.400. The Balaban J connectivity index is 2.22. The number of ether oxygens (including phenoxy) is 1. The molecule has 0 aliphatic heterocycles. The molecule has 5 nitrogen and oxygen atoms in total. The van der Waals surface area contributed by atoms with Gasteiger partial charge in [-0.1, -0.05) is 24.2 Å². The minimum Gasteiger partial charge on any atom is -0.493 e. The molecular formula is C15H17N3O2. The molecule has 20 heavy (non-hydrogen) atoms. The lowest BCUT2D eigenvalue weighted by Gasteiger charge is -2.06. The van der Waals surface area contributed by atoms with Crippen molar-refractivity contribution in [3.05, 3.63) is 30.2 Å². The van der Waals surface area contributed by atoms with Crippen LogP contribution in [0.1, 0.15) is 38.5 Å². The summed E-state index contributed by atoms with van der Waals surface area (Å²) in [5.74, 6) is 1.90. The topological polar surface area (TPSA) is 71.9 Å². The molecule has 1 unspecified atom stereocenters. The Morgan fingerprint density at radius 2 is 2.20 bits per heavy atom. The summed E-state index contributed by atoms with van der Waals surface area (Å²) in [5, 5.41) is 12.6. The summed E-state index contributed by atoms with van der Waals surface area (Å²) in [4.78, 5) is 4.41. The summed E-state index contributed by atoms with van der Waals surface area (Å²) in [6, 6.07) is 9.73. The molecule has 0 saturated heterocycles. The predicted octanol–water partition coefficient (Wildman–Crippen LogP) is 3.54. The molecule has 1 heterocycles. The molecule has 0 amide bonds. The molecule has 5 heteroatoms. The van der Waals surface area contributed by atoms with Crippen molar-refractivity contribution < 1.29 is 9.26 Å². The summed E-state index contributed by atoms with van der Waals surface area (Å²) >= 11 is 0. The Bertz CT molecular complexity index is 601. The van der Waals surface area contributed by atoms with E-state index in [0.29, 0.717) is 31.2 Å². The Morgan fingerprint density at radius 1 is 1.40 bits per heavy atom. The van der Waals surface area contributed by atoms with Crippen molar-refractivity contribution in [2.75, 3.05) is 6.61 Å². The van der Waals surface area contributed by atoms with Gasteiger partial charge in [0.25, 0.3) is 0 Å². The van der Waals surface area contributed by atoms with Crippen molar-refractivity contribution in [1.29, 1.82) is 5.26 Å². The smallest absolute Gasteiger partial charge is 0.229 e. The van der Waals surface area contributed by atoms with Crippen molar-refractivity contribution in [1.82, 2.24) is 10.1 Å². The molecule has 1 aromatic carbocycles. The first kappa shape index (κ1) is 14.1. The van der Waals surface area contributed by atoms with E-state index in [9.17, 15) is 0 Å². The molecule has 0 saturated carbocycles. The van der Waals surface area contributed by atoms with Gasteiger partial charge in [-0.3, -0.25) is 0 Å². The summed E-state index contributed by atoms with van der Waals surface area (Å²) in [6.45, 7) is 4.49. The Labute approximate surface area is 118 Å². The Morgan fingerprint density at radius 3 is 2.95 bits per heavy atom. The van der Waals surface area contributed by atoms with E-state index in [4.69, 9.17) is 14.5 Å². The number of hydrogen-bond donors (Lipinski definition) is 0. The average Bonchev–Trinajstić information content (AvgIpc) is 2.95. The fourth-order valence-corrected chi connectivity index (χ4v) is 1.88. The molecule has 2 aromatic rings. The second-order valence-corrected chi connectivity index (χ2v) is 4.48. The number of para-hydroxylation sites is 1. The zero-order valence-corrected chi connectivity index (χ0v) is 11.7. The van der Waals surface area contributed by atoms with Crippen LogP contribution >= 0.6 is 0 Å². The van der Waals surface area contributed by atoms with Crippen molar-refractivity contribution in [2.45, 2.75) is 32.6 Å². The van der Waals surface area contributed by atoms with Gasteiger partial charge in [0.15, 0.2) is 0 Å². The molecule has 0 bridgehead atoms. The largest absolute Gasteiger partial charge is 0.493 e. The first-order valence-electron chi connectivity index (χ1n) is 6.69. The van der Waals surface area contributed by atoms with Crippen LogP contribution in [0.2, 0.25) is 0 Å². The van der Waals surface area contributed by atoms with Gasteiger partial charge >= 0.3 is 0 Å². The third-order valence-electron chi connectivity index (χ3n) is 2.98. The van der Waals surface area contributed by atoms with E-state index in [1.165, 1.54) is 0 Å². The summed E-state index contributed by atoms with van der Waals surface area (Å²) in [5.41, 5.74) is 0.817. The maximum atomic E-state index is 8.61. The van der Waals surface area contributed by atoms with E-state index >= 15 is 0 Å². The van der Waals surface area contributed by atoms with Crippen LogP contribution in [0.5, 0.6) is 5.75 Å². The first-order chi connectivity index (χ1) is 9.76. The molecule has 0 aliphatic carbocycles. The zero-order chi connectivity index (χ0) is 14.4. The average molecular weight is 271 g/mol. The lowest BCUT2D eigenvalue weighted by molar-refractivity contribution is 0.340. The van der Waals surface area contributed by atoms with E-state index in [1.807, 2.05) is 38.1 Å². The van der Waals surface area contributed by atoms with E-state index in [0.717, 1.165) is 11.3 Å². The summed E-state index contributed by atoms with van der Waals surface area (Å²) in [6.07, 6.45) is 1.19. The highest BCUT2D eigenvalue weighted by Gasteiger charge is 2.17. The first-order valence-corrected chi connectivity index (χ1v) is 6.69. The summed E-state index contributed by atoms with van der Waals surface area (Å²) in [7, 11) is 0. The standard InChI is InChI=1S/C15H17N3O2/c1-3-19-13-9-5-4-8-12(13)14-17-15(20-18-14)11(2)7-6-10-16/h4-5,8-9,11H,3,6-7H2,1-2H3. The lowest BCUT2D eigenvalue weighted by Crippen LogP contribution is -1.95. The van der Waals surface area contributed by atoms with Crippen LogP contribution in [0.25, 0.3) is 11.4 Å². The molecule has 1 aromatic heterocycles. The number of hydrogen-bond acceptors (Lipinski definition) is 5. The number of benzene rings is 1. The van der Waals surface area contributed by atoms with Gasteiger partial charge in [0.2, 0.25) is 11.7 Å². The van der Waals surface area contributed by atoms with Gasteiger partial charge in [-0.05, 0) is 25.5 Å². The number of nitrogens with zero attached hydrogens (tertiary/aromatic N) is 3. The third kappa shape index (κ3) is 3.15. The predicted molar refractivity (Wildman–Crippen MR) is 74.2 cm³/mol. The van der Waals surface area contributed by atoms with Crippen LogP contribution in [0.15, 0.2) is 28.8 Å². The van der Waals surface area contributed by atoms with Gasteiger partial charge in [0.05, 0.1) is 18.2 Å². The van der Waals surface area contributed by atoms with Crippen LogP contribution < -0.4 is 4.74 Å². The highest BCUT2D eigenvalue weighted by Crippen LogP contribution is 2.29. The van der Waals surface area contributed by atoms with E-state index < -0.39 is 0 Å². The van der Waals surface area contributed by atoms with Crippen LogP contribution in [0.3, 0.4) is 0 Å². The molecule has 1 atom stereocenters. The lowest BCUT2D eigenvalue weighted by atomic mass is 10.1. The molecular weight excluding hydrogens is 254 g/mol. The van der Waals surface area contributed by atoms with Gasteiger partial charge in [-0.15, -0.1) is 0 Å². The van der Waals surface area contributed by atoms with E-state index in [-0.39, 0.29) is 5.92 Å². The van der Waals surface area contributed by atoms with Gasteiger partial charge in [0.1, 0.15) is 5.75 Å². The van der Waals surface area contributed by atoms with Gasteiger partial charge in [0, 0.05) is 12.3 Å². The maximum Gasteiger partial charge on any atom is 0.229 e. The minimum absolute atomic E-state index is 0.0788. The van der Waals surface area contributed by atoms with Crippen LogP contribution in [0.4, 0.5) is 0 Å². The summed E-state index contributed by atoms with van der Waals surface area (Å²) < 4.78 is 10.8. The van der Waals surface area contributed by atoms with Crippen LogP contribution in [-0.4, -0.2) is 16.7 Å². The van der Waals surface area contributed by atoms with Crippen molar-refractivity contribution in [3.8, 4) is 23.2 Å². The maximum absolute atomic E-state index is 8.61. The van der Waals surface area contributed by atoms with Gasteiger partial charge < -0.3 is 9.26 Å². The molecule has 2 rings (SSSR count). The van der Waals surface area contributed by atoms with Gasteiger partial charge in [-0.25, -0.2) is 0 Å². The van der Waals surface area contributed by atoms with Gasteiger partial charge in [-0.2, -0.15) is 10.2 Å². The zero-order valence-electron chi connectivity index (χ0n) is 11.7. The molecule has 0 aliphatic rings. The second-order valence-electron chi connectivity index (χ2n) is 4.48. The molecule has 104 valence electrons. The second kappa shape index (κ2) is 6.71. The number of aromatic nitrogens is 2. The highest BCUT2D eigenvalue weighted by atomic mass is 16.5. The number of nitriles is 1. The Kier molecular flexibility index (Phi) is 4.72. The fourth-order valence-electron chi connectivity index (χ4n) is 1.88. The monoisotopic (exact) mass is 271 g/mol.